The number of carbonyl (C=O) groups is 3. The van der Waals surface area contributed by atoms with Crippen molar-refractivity contribution in [3.8, 4) is 5.75 Å². The molecule has 0 bridgehead atoms. The molecule has 3 rings (SSSR count). The van der Waals surface area contributed by atoms with Crippen molar-refractivity contribution in [2.24, 2.45) is 0 Å². The van der Waals surface area contributed by atoms with Crippen LogP contribution in [0.25, 0.3) is 10.8 Å². The Kier molecular flexibility index (Phi) is 8.30. The molecule has 32 heavy (non-hydrogen) atoms. The number of amides is 3. The molecule has 0 saturated heterocycles. The van der Waals surface area contributed by atoms with E-state index >= 15 is 0 Å². The van der Waals surface area contributed by atoms with Gasteiger partial charge in [-0.1, -0.05) is 53.5 Å². The van der Waals surface area contributed by atoms with E-state index in [4.69, 9.17) is 27.9 Å². The van der Waals surface area contributed by atoms with Crippen LogP contribution in [-0.2, 0) is 9.59 Å². The summed E-state index contributed by atoms with van der Waals surface area (Å²) < 4.78 is 5.50. The number of rotatable bonds is 8. The van der Waals surface area contributed by atoms with Gasteiger partial charge in [0.1, 0.15) is 5.75 Å². The van der Waals surface area contributed by atoms with Crippen LogP contribution < -0.4 is 20.9 Å². The molecule has 0 aliphatic heterocycles. The number of carbonyl (C=O) groups excluding carboxylic acids is 3. The van der Waals surface area contributed by atoms with Crippen LogP contribution in [0.15, 0.2) is 60.7 Å². The summed E-state index contributed by atoms with van der Waals surface area (Å²) in [6.45, 7) is -0.00531. The van der Waals surface area contributed by atoms with Crippen molar-refractivity contribution in [3.63, 3.8) is 0 Å². The average Bonchev–Trinajstić information content (AvgIpc) is 2.79. The van der Waals surface area contributed by atoms with Gasteiger partial charge in [-0.25, -0.2) is 0 Å². The summed E-state index contributed by atoms with van der Waals surface area (Å²) >= 11 is 11.8. The number of halogens is 2. The topological polar surface area (TPSA) is 96.5 Å². The lowest BCUT2D eigenvalue weighted by Crippen LogP contribution is -2.46. The lowest BCUT2D eigenvalue weighted by atomic mass is 10.1. The van der Waals surface area contributed by atoms with Crippen LogP contribution in [0.4, 0.5) is 0 Å². The van der Waals surface area contributed by atoms with Crippen molar-refractivity contribution < 1.29 is 19.1 Å². The third kappa shape index (κ3) is 6.87. The Morgan fingerprint density at radius 2 is 1.59 bits per heavy atom. The fourth-order valence-corrected chi connectivity index (χ4v) is 3.31. The molecule has 3 aromatic rings. The SMILES string of the molecule is O=C(CCCOc1ccc(Cl)cc1Cl)NNC(=O)CNC(=O)c1ccc2ccccc2c1. The molecule has 166 valence electrons. The third-order valence-electron chi connectivity index (χ3n) is 4.46. The molecule has 3 amide bonds. The standard InChI is InChI=1S/C23H21Cl2N3O4/c24-18-9-10-20(19(25)13-18)32-11-3-6-21(29)27-28-22(30)14-26-23(31)17-8-7-15-4-1-2-5-16(15)12-17/h1-2,4-5,7-10,12-13H,3,6,11,14H2,(H,26,31)(H,27,29)(H,28,30). The van der Waals surface area contributed by atoms with E-state index in [-0.39, 0.29) is 31.4 Å². The zero-order chi connectivity index (χ0) is 22.9. The Labute approximate surface area is 195 Å². The molecule has 0 fully saturated rings. The van der Waals surface area contributed by atoms with E-state index in [0.29, 0.717) is 27.8 Å². The first-order chi connectivity index (χ1) is 15.4. The Bertz CT molecular complexity index is 1140. The highest BCUT2D eigenvalue weighted by Crippen LogP contribution is 2.27. The number of nitrogens with one attached hydrogen (secondary N) is 3. The van der Waals surface area contributed by atoms with Crippen LogP contribution in [0.2, 0.25) is 10.0 Å². The molecular weight excluding hydrogens is 453 g/mol. The lowest BCUT2D eigenvalue weighted by molar-refractivity contribution is -0.128. The maximum absolute atomic E-state index is 12.3. The highest BCUT2D eigenvalue weighted by atomic mass is 35.5. The van der Waals surface area contributed by atoms with Gasteiger partial charge in [-0.05, 0) is 47.5 Å². The summed E-state index contributed by atoms with van der Waals surface area (Å²) in [5.74, 6) is -0.830. The van der Waals surface area contributed by atoms with Gasteiger partial charge in [0.15, 0.2) is 0 Å². The largest absolute Gasteiger partial charge is 0.492 e. The van der Waals surface area contributed by atoms with Crippen molar-refractivity contribution in [1.29, 1.82) is 0 Å². The molecule has 3 aromatic carbocycles. The molecule has 0 saturated carbocycles. The fraction of sp³-hybridized carbons (Fsp3) is 0.174. The molecule has 0 aromatic heterocycles. The zero-order valence-corrected chi connectivity index (χ0v) is 18.5. The normalized spacial score (nSPS) is 10.4. The van der Waals surface area contributed by atoms with Crippen LogP contribution in [-0.4, -0.2) is 30.9 Å². The summed E-state index contributed by atoms with van der Waals surface area (Å²) in [5, 5.41) is 5.37. The summed E-state index contributed by atoms with van der Waals surface area (Å²) in [6, 6.07) is 17.8. The molecule has 9 heteroatoms. The van der Waals surface area contributed by atoms with E-state index in [1.54, 1.807) is 30.3 Å². The fourth-order valence-electron chi connectivity index (χ4n) is 2.85. The van der Waals surface area contributed by atoms with Gasteiger partial charge in [0, 0.05) is 17.0 Å². The summed E-state index contributed by atoms with van der Waals surface area (Å²) in [5.41, 5.74) is 5.01. The second kappa shape index (κ2) is 11.4. The molecule has 0 heterocycles. The first-order valence-corrected chi connectivity index (χ1v) is 10.6. The minimum Gasteiger partial charge on any atom is -0.492 e. The molecule has 3 N–H and O–H groups in total. The summed E-state index contributed by atoms with van der Waals surface area (Å²) in [7, 11) is 0. The number of benzene rings is 3. The van der Waals surface area contributed by atoms with Crippen LogP contribution in [0, 0.1) is 0 Å². The summed E-state index contributed by atoms with van der Waals surface area (Å²) in [4.78, 5) is 36.0. The quantitative estimate of drug-likeness (QED) is 0.341. The van der Waals surface area contributed by atoms with E-state index in [2.05, 4.69) is 16.2 Å². The van der Waals surface area contributed by atoms with Crippen molar-refractivity contribution >= 4 is 51.7 Å². The molecule has 0 radical (unpaired) electrons. The molecule has 7 nitrogen and oxygen atoms in total. The Balaban J connectivity index is 1.33. The number of hydrogen-bond donors (Lipinski definition) is 3. The van der Waals surface area contributed by atoms with Gasteiger partial charge in [0.2, 0.25) is 5.91 Å². The van der Waals surface area contributed by atoms with E-state index in [1.165, 1.54) is 0 Å². The molecule has 0 aliphatic carbocycles. The van der Waals surface area contributed by atoms with Gasteiger partial charge in [-0.3, -0.25) is 25.2 Å². The van der Waals surface area contributed by atoms with E-state index < -0.39 is 5.91 Å². The Morgan fingerprint density at radius 3 is 2.38 bits per heavy atom. The molecule has 0 aliphatic rings. The molecule has 0 unspecified atom stereocenters. The monoisotopic (exact) mass is 473 g/mol. The lowest BCUT2D eigenvalue weighted by Gasteiger charge is -2.10. The average molecular weight is 474 g/mol. The van der Waals surface area contributed by atoms with Crippen LogP contribution >= 0.6 is 23.2 Å². The molecular formula is C23H21Cl2N3O4. The van der Waals surface area contributed by atoms with Crippen molar-refractivity contribution in [2.75, 3.05) is 13.2 Å². The first kappa shape index (κ1) is 23.4. The van der Waals surface area contributed by atoms with Crippen LogP contribution in [0.1, 0.15) is 23.2 Å². The number of ether oxygens (including phenoxy) is 1. The van der Waals surface area contributed by atoms with Crippen LogP contribution in [0.3, 0.4) is 0 Å². The van der Waals surface area contributed by atoms with E-state index in [0.717, 1.165) is 10.8 Å². The zero-order valence-electron chi connectivity index (χ0n) is 17.0. The third-order valence-corrected chi connectivity index (χ3v) is 4.99. The van der Waals surface area contributed by atoms with Crippen molar-refractivity contribution in [1.82, 2.24) is 16.2 Å². The van der Waals surface area contributed by atoms with Gasteiger partial charge >= 0.3 is 0 Å². The summed E-state index contributed by atoms with van der Waals surface area (Å²) in [6.07, 6.45) is 0.550. The highest BCUT2D eigenvalue weighted by Gasteiger charge is 2.10. The molecule has 0 atom stereocenters. The maximum atomic E-state index is 12.3. The smallest absolute Gasteiger partial charge is 0.257 e. The molecule has 0 spiro atoms. The predicted molar refractivity (Wildman–Crippen MR) is 124 cm³/mol. The van der Waals surface area contributed by atoms with E-state index in [9.17, 15) is 14.4 Å². The maximum Gasteiger partial charge on any atom is 0.257 e. The minimum atomic E-state index is -0.545. The Morgan fingerprint density at radius 1 is 0.844 bits per heavy atom. The van der Waals surface area contributed by atoms with Gasteiger partial charge < -0.3 is 10.1 Å². The highest BCUT2D eigenvalue weighted by molar-refractivity contribution is 6.35. The van der Waals surface area contributed by atoms with Gasteiger partial charge in [0.25, 0.3) is 11.8 Å². The van der Waals surface area contributed by atoms with Crippen molar-refractivity contribution in [3.05, 3.63) is 76.3 Å². The van der Waals surface area contributed by atoms with Crippen molar-refractivity contribution in [2.45, 2.75) is 12.8 Å². The number of fused-ring (bicyclic) bond motifs is 1. The second-order valence-electron chi connectivity index (χ2n) is 6.87. The van der Waals surface area contributed by atoms with Crippen LogP contribution in [0.5, 0.6) is 5.75 Å². The van der Waals surface area contributed by atoms with E-state index in [1.807, 2.05) is 30.3 Å². The Hall–Kier alpha value is -3.29. The first-order valence-electron chi connectivity index (χ1n) is 9.85. The predicted octanol–water partition coefficient (Wildman–Crippen LogP) is 3.88. The van der Waals surface area contributed by atoms with Gasteiger partial charge in [-0.2, -0.15) is 0 Å². The number of hydrazine groups is 1. The van der Waals surface area contributed by atoms with Gasteiger partial charge in [-0.15, -0.1) is 0 Å². The minimum absolute atomic E-state index is 0.134. The van der Waals surface area contributed by atoms with Gasteiger partial charge in [0.05, 0.1) is 18.2 Å². The second-order valence-corrected chi connectivity index (χ2v) is 7.71. The number of hydrogen-bond acceptors (Lipinski definition) is 4.